The molecule has 2 saturated carbocycles. The second kappa shape index (κ2) is 13.6. The van der Waals surface area contributed by atoms with Gasteiger partial charge in [0.1, 0.15) is 29.5 Å². The fourth-order valence-electron chi connectivity index (χ4n) is 6.63. The van der Waals surface area contributed by atoms with E-state index >= 15 is 0 Å². The average Bonchev–Trinajstić information content (AvgIpc) is 3.78. The van der Waals surface area contributed by atoms with Gasteiger partial charge in [0.05, 0.1) is 22.9 Å². The number of carbonyl (C=O) groups excluding carboxylic acids is 1. The first-order valence-corrected chi connectivity index (χ1v) is 16.2. The zero-order chi connectivity index (χ0) is 35.9. The average molecular weight is 688 g/mol. The van der Waals surface area contributed by atoms with Gasteiger partial charge in [0.25, 0.3) is 6.43 Å². The highest BCUT2D eigenvalue weighted by Gasteiger charge is 2.46. The van der Waals surface area contributed by atoms with Crippen LogP contribution in [0.4, 0.5) is 23.4 Å². The maximum Gasteiger partial charge on any atom is 0.278 e. The Morgan fingerprint density at radius 1 is 1.16 bits per heavy atom. The number of allylic oxidation sites excluding steroid dienone is 2. The number of fused-ring (bicyclic) bond motifs is 2. The van der Waals surface area contributed by atoms with Gasteiger partial charge in [-0.1, -0.05) is 18.1 Å². The zero-order valence-electron chi connectivity index (χ0n) is 27.8. The Balaban J connectivity index is 1.45. The van der Waals surface area contributed by atoms with Crippen LogP contribution in [0.5, 0.6) is 0 Å². The number of aliphatic imine (C=N–C) groups is 1. The van der Waals surface area contributed by atoms with Crippen molar-refractivity contribution in [3.63, 3.8) is 0 Å². The lowest BCUT2D eigenvalue weighted by Crippen LogP contribution is -2.33. The Bertz CT molecular complexity index is 2090. The molecule has 6 rings (SSSR count). The van der Waals surface area contributed by atoms with Crippen molar-refractivity contribution >= 4 is 28.3 Å². The van der Waals surface area contributed by atoms with E-state index in [1.807, 2.05) is 12.1 Å². The number of amides is 1. The monoisotopic (exact) mass is 687 g/mol. The van der Waals surface area contributed by atoms with E-state index in [0.29, 0.717) is 57.2 Å². The second-order valence-electron chi connectivity index (χ2n) is 13.3. The minimum absolute atomic E-state index is 0.0268. The molecule has 4 aromatic rings. The molecule has 2 aliphatic rings. The number of benzene rings is 2. The van der Waals surface area contributed by atoms with Crippen LogP contribution in [0.15, 0.2) is 64.8 Å². The highest BCUT2D eigenvalue weighted by atomic mass is 19.3. The molecule has 9 nitrogen and oxygen atoms in total. The molecule has 0 spiro atoms. The van der Waals surface area contributed by atoms with Crippen LogP contribution in [0, 0.1) is 35.3 Å². The lowest BCUT2D eigenvalue weighted by molar-refractivity contribution is -0.120. The molecule has 3 atom stereocenters. The fraction of sp³-hybridized carbons (Fsp3) is 0.351. The quantitative estimate of drug-likeness (QED) is 0.145. The van der Waals surface area contributed by atoms with Crippen LogP contribution in [0.2, 0.25) is 0 Å². The van der Waals surface area contributed by atoms with E-state index in [0.717, 1.165) is 18.9 Å². The summed E-state index contributed by atoms with van der Waals surface area (Å²) in [6.07, 6.45) is -1.03. The SMILES string of the molecule is Cn1nc(N)c2cccc(-c3ccc(C#CC(C)(C)O)nc3C(Cc3cc(F)cc(F)c3)NC(=O)CN=C3C(=C(N)C(F)F)CCC4CC34)c21. The summed E-state index contributed by atoms with van der Waals surface area (Å²) in [5.74, 6) is 4.06. The molecule has 0 aliphatic heterocycles. The maximum absolute atomic E-state index is 14.4. The predicted molar refractivity (Wildman–Crippen MR) is 183 cm³/mol. The standard InChI is InChI=1S/C37H37F4N7O2/c1-37(2,50)12-11-23-8-10-24(25-5-4-6-27-34(25)48(3)47-36(27)43)33(45-23)29(15-19-13-21(38)17-22(39)14-19)46-30(49)18-44-32-26(31(42)35(40)41)9-7-20-16-28(20)32/h4-6,8,10,13-14,17,20,28-29,35,50H,7,9,15-16,18,42H2,1-3H3,(H2,43,47)(H,46,49). The summed E-state index contributed by atoms with van der Waals surface area (Å²) in [6.45, 7) is 2.66. The first kappa shape index (κ1) is 34.6. The minimum atomic E-state index is -2.84. The topological polar surface area (TPSA) is 144 Å². The first-order chi connectivity index (χ1) is 23.7. The second-order valence-corrected chi connectivity index (χ2v) is 13.3. The van der Waals surface area contributed by atoms with Crippen molar-refractivity contribution in [2.45, 2.75) is 57.6 Å². The van der Waals surface area contributed by atoms with Gasteiger partial charge in [-0.25, -0.2) is 22.5 Å². The van der Waals surface area contributed by atoms with Gasteiger partial charge in [-0.3, -0.25) is 14.5 Å². The molecule has 2 aromatic heterocycles. The van der Waals surface area contributed by atoms with Crippen molar-refractivity contribution in [1.29, 1.82) is 0 Å². The van der Waals surface area contributed by atoms with Crippen molar-refractivity contribution in [3.05, 3.63) is 88.4 Å². The third-order valence-corrected chi connectivity index (χ3v) is 8.96. The number of carbonyl (C=O) groups is 1. The van der Waals surface area contributed by atoms with E-state index in [1.54, 1.807) is 29.9 Å². The van der Waals surface area contributed by atoms with Gasteiger partial charge in [0.15, 0.2) is 5.82 Å². The van der Waals surface area contributed by atoms with Crippen molar-refractivity contribution in [2.24, 2.45) is 29.6 Å². The third-order valence-electron chi connectivity index (χ3n) is 8.96. The van der Waals surface area contributed by atoms with Crippen LogP contribution >= 0.6 is 0 Å². The Morgan fingerprint density at radius 3 is 2.60 bits per heavy atom. The number of anilines is 1. The van der Waals surface area contributed by atoms with Crippen molar-refractivity contribution in [2.75, 3.05) is 12.3 Å². The van der Waals surface area contributed by atoms with E-state index < -0.39 is 47.9 Å². The number of hydrogen-bond acceptors (Lipinski definition) is 7. The summed E-state index contributed by atoms with van der Waals surface area (Å²) in [5.41, 5.74) is 13.6. The zero-order valence-corrected chi connectivity index (χ0v) is 27.8. The number of nitrogens with zero attached hydrogens (tertiary/aromatic N) is 4. The number of aliphatic hydroxyl groups is 1. The number of alkyl halides is 2. The highest BCUT2D eigenvalue weighted by molar-refractivity contribution is 6.06. The summed E-state index contributed by atoms with van der Waals surface area (Å²) >= 11 is 0. The normalized spacial score (nSPS) is 19.6. The van der Waals surface area contributed by atoms with Gasteiger partial charge in [-0.2, -0.15) is 5.10 Å². The number of hydrogen-bond donors (Lipinski definition) is 4. The molecule has 1 amide bonds. The smallest absolute Gasteiger partial charge is 0.278 e. The van der Waals surface area contributed by atoms with Crippen LogP contribution in [0.25, 0.3) is 22.0 Å². The molecule has 2 heterocycles. The molecule has 6 N–H and O–H groups in total. The fourth-order valence-corrected chi connectivity index (χ4v) is 6.63. The summed E-state index contributed by atoms with van der Waals surface area (Å²) in [4.78, 5) is 23.0. The molecule has 13 heteroatoms. The molecule has 0 radical (unpaired) electrons. The van der Waals surface area contributed by atoms with Crippen molar-refractivity contribution < 1.29 is 27.5 Å². The lowest BCUT2D eigenvalue weighted by atomic mass is 9.91. The first-order valence-electron chi connectivity index (χ1n) is 16.2. The van der Waals surface area contributed by atoms with Gasteiger partial charge in [0.2, 0.25) is 5.91 Å². The van der Waals surface area contributed by atoms with Crippen LogP contribution < -0.4 is 16.8 Å². The number of halogens is 4. The number of para-hydroxylation sites is 1. The van der Waals surface area contributed by atoms with Crippen molar-refractivity contribution in [1.82, 2.24) is 20.1 Å². The van der Waals surface area contributed by atoms with E-state index in [4.69, 9.17) is 16.5 Å². The largest absolute Gasteiger partial charge is 0.397 e. The van der Waals surface area contributed by atoms with Gasteiger partial charge in [-0.15, -0.1) is 0 Å². The van der Waals surface area contributed by atoms with E-state index in [2.05, 4.69) is 27.2 Å². The Labute approximate surface area is 286 Å². The van der Waals surface area contributed by atoms with E-state index in [-0.39, 0.29) is 23.6 Å². The predicted octanol–water partition coefficient (Wildman–Crippen LogP) is 5.37. The Morgan fingerprint density at radius 2 is 1.90 bits per heavy atom. The van der Waals surface area contributed by atoms with Gasteiger partial charge in [-0.05, 0) is 92.8 Å². The number of nitrogen functional groups attached to an aromatic ring is 1. The number of aromatic nitrogens is 3. The van der Waals surface area contributed by atoms with Crippen LogP contribution in [0.1, 0.15) is 56.1 Å². The minimum Gasteiger partial charge on any atom is -0.397 e. The summed E-state index contributed by atoms with van der Waals surface area (Å²) < 4.78 is 57.6. The van der Waals surface area contributed by atoms with Crippen molar-refractivity contribution in [3.8, 4) is 23.0 Å². The number of rotatable bonds is 8. The molecule has 2 aliphatic carbocycles. The maximum atomic E-state index is 14.4. The summed E-state index contributed by atoms with van der Waals surface area (Å²) in [5, 5.41) is 18.3. The molecule has 2 aromatic carbocycles. The molecule has 50 heavy (non-hydrogen) atoms. The molecular formula is C37H37F4N7O2. The Hall–Kier alpha value is -5.22. The van der Waals surface area contributed by atoms with Gasteiger partial charge < -0.3 is 21.9 Å². The molecule has 2 fully saturated rings. The van der Waals surface area contributed by atoms with Crippen LogP contribution in [-0.2, 0) is 18.3 Å². The Kier molecular flexibility index (Phi) is 9.41. The van der Waals surface area contributed by atoms with Crippen LogP contribution in [-0.4, -0.2) is 50.1 Å². The molecular weight excluding hydrogens is 650 g/mol. The number of pyridine rings is 1. The highest BCUT2D eigenvalue weighted by Crippen LogP contribution is 2.50. The number of nitrogens with two attached hydrogens (primary N) is 2. The molecule has 3 unspecified atom stereocenters. The number of nitrogens with one attached hydrogen (secondary N) is 1. The molecule has 0 bridgehead atoms. The molecule has 0 saturated heterocycles. The summed E-state index contributed by atoms with van der Waals surface area (Å²) in [7, 11) is 1.74. The van der Waals surface area contributed by atoms with E-state index in [1.165, 1.54) is 26.0 Å². The third kappa shape index (κ3) is 7.50. The summed E-state index contributed by atoms with van der Waals surface area (Å²) in [6, 6.07) is 11.0. The van der Waals surface area contributed by atoms with Gasteiger partial charge >= 0.3 is 0 Å². The molecule has 260 valence electrons. The lowest BCUT2D eigenvalue weighted by Gasteiger charge is -2.23. The van der Waals surface area contributed by atoms with Crippen LogP contribution in [0.3, 0.4) is 0 Å². The number of aryl methyl sites for hydroxylation is 1. The van der Waals surface area contributed by atoms with E-state index in [9.17, 15) is 27.5 Å². The van der Waals surface area contributed by atoms with Gasteiger partial charge in [0, 0.05) is 41.3 Å².